The van der Waals surface area contributed by atoms with E-state index in [9.17, 15) is 9.59 Å². The normalized spacial score (nSPS) is 10.1. The Balaban J connectivity index is 2.04. The molecule has 1 heterocycles. The van der Waals surface area contributed by atoms with E-state index in [1.165, 1.54) is 6.07 Å². The van der Waals surface area contributed by atoms with Crippen LogP contribution in [0.5, 0.6) is 5.88 Å². The molecule has 6 heteroatoms. The van der Waals surface area contributed by atoms with Crippen molar-refractivity contribution in [1.29, 1.82) is 0 Å². The van der Waals surface area contributed by atoms with Crippen LogP contribution >= 0.6 is 0 Å². The molecule has 0 unspecified atom stereocenters. The highest BCUT2D eigenvalue weighted by Gasteiger charge is 2.04. The van der Waals surface area contributed by atoms with Gasteiger partial charge in [-0.3, -0.25) is 14.2 Å². The lowest BCUT2D eigenvalue weighted by molar-refractivity contribution is -0.137. The molecule has 1 N–H and O–H groups in total. The second-order valence-electron chi connectivity index (χ2n) is 3.86. The molecule has 0 fully saturated rings. The zero-order valence-electron chi connectivity index (χ0n) is 10.0. The summed E-state index contributed by atoms with van der Waals surface area (Å²) in [6, 6.07) is 10.6. The first-order valence-corrected chi connectivity index (χ1v) is 5.60. The van der Waals surface area contributed by atoms with Crippen molar-refractivity contribution in [2.75, 3.05) is 0 Å². The number of nitrogens with zero attached hydrogens (tertiary/aromatic N) is 2. The predicted octanol–water partition coefficient (Wildman–Crippen LogP) is 0.907. The van der Waals surface area contributed by atoms with Gasteiger partial charge in [0.1, 0.15) is 19.5 Å². The Morgan fingerprint density at radius 2 is 2.05 bits per heavy atom. The first-order valence-electron chi connectivity index (χ1n) is 5.60. The van der Waals surface area contributed by atoms with Crippen molar-refractivity contribution in [2.45, 2.75) is 13.2 Å². The first kappa shape index (κ1) is 12.8. The van der Waals surface area contributed by atoms with Gasteiger partial charge in [0.2, 0.25) is 5.88 Å². The van der Waals surface area contributed by atoms with E-state index in [1.807, 2.05) is 30.3 Å². The Bertz CT molecular complexity index is 622. The Morgan fingerprint density at radius 1 is 1.32 bits per heavy atom. The quantitative estimate of drug-likeness (QED) is 0.864. The lowest BCUT2D eigenvalue weighted by atomic mass is 10.2. The lowest BCUT2D eigenvalue weighted by Crippen LogP contribution is -2.23. The number of aliphatic carboxylic acids is 1. The van der Waals surface area contributed by atoms with Gasteiger partial charge in [0.15, 0.2) is 0 Å². The molecule has 6 nitrogen and oxygen atoms in total. The highest BCUT2D eigenvalue weighted by Crippen LogP contribution is 2.06. The third-order valence-corrected chi connectivity index (χ3v) is 2.39. The van der Waals surface area contributed by atoms with Crippen molar-refractivity contribution in [3.05, 3.63) is 58.6 Å². The van der Waals surface area contributed by atoms with Crippen LogP contribution in [0.2, 0.25) is 0 Å². The van der Waals surface area contributed by atoms with Crippen LogP contribution in [-0.4, -0.2) is 20.6 Å². The van der Waals surface area contributed by atoms with Gasteiger partial charge >= 0.3 is 5.97 Å². The Labute approximate surface area is 108 Å². The predicted molar refractivity (Wildman–Crippen MR) is 66.9 cm³/mol. The number of carboxylic acid groups (broad SMARTS) is 1. The van der Waals surface area contributed by atoms with Crippen molar-refractivity contribution in [3.63, 3.8) is 0 Å². The fraction of sp³-hybridized carbons (Fsp3) is 0.154. The molecule has 19 heavy (non-hydrogen) atoms. The van der Waals surface area contributed by atoms with Crippen molar-refractivity contribution < 1.29 is 14.6 Å². The monoisotopic (exact) mass is 260 g/mol. The number of carboxylic acids is 1. The SMILES string of the molecule is O=C(O)Cn1cnc(OCc2ccccc2)cc1=O. The lowest BCUT2D eigenvalue weighted by Gasteiger charge is -2.06. The van der Waals surface area contributed by atoms with Gasteiger partial charge in [0.05, 0.1) is 6.07 Å². The van der Waals surface area contributed by atoms with E-state index in [2.05, 4.69) is 4.98 Å². The van der Waals surface area contributed by atoms with Gasteiger partial charge in [-0.25, -0.2) is 4.98 Å². The summed E-state index contributed by atoms with van der Waals surface area (Å²) in [5, 5.41) is 8.59. The molecule has 1 aromatic carbocycles. The van der Waals surface area contributed by atoms with Crippen LogP contribution in [0.25, 0.3) is 0 Å². The Kier molecular flexibility index (Phi) is 3.92. The van der Waals surface area contributed by atoms with Gasteiger partial charge in [-0.2, -0.15) is 0 Å². The van der Waals surface area contributed by atoms with Gasteiger partial charge in [0, 0.05) is 0 Å². The second kappa shape index (κ2) is 5.81. The summed E-state index contributed by atoms with van der Waals surface area (Å²) in [5.41, 5.74) is 0.500. The molecule has 0 saturated carbocycles. The third kappa shape index (κ3) is 3.67. The van der Waals surface area contributed by atoms with E-state index in [-0.39, 0.29) is 5.88 Å². The molecule has 1 aromatic heterocycles. The van der Waals surface area contributed by atoms with Crippen molar-refractivity contribution in [1.82, 2.24) is 9.55 Å². The zero-order valence-corrected chi connectivity index (χ0v) is 10.0. The molecule has 2 aromatic rings. The maximum Gasteiger partial charge on any atom is 0.323 e. The van der Waals surface area contributed by atoms with Crippen LogP contribution in [0.4, 0.5) is 0 Å². The first-order chi connectivity index (χ1) is 9.15. The summed E-state index contributed by atoms with van der Waals surface area (Å²) in [6.07, 6.45) is 1.16. The van der Waals surface area contributed by atoms with E-state index in [0.717, 1.165) is 16.5 Å². The summed E-state index contributed by atoms with van der Waals surface area (Å²) < 4.78 is 6.36. The van der Waals surface area contributed by atoms with Crippen LogP contribution in [0.15, 0.2) is 47.5 Å². The number of rotatable bonds is 5. The second-order valence-corrected chi connectivity index (χ2v) is 3.86. The van der Waals surface area contributed by atoms with Crippen molar-refractivity contribution >= 4 is 5.97 Å². The van der Waals surface area contributed by atoms with Gasteiger partial charge in [0.25, 0.3) is 5.56 Å². The van der Waals surface area contributed by atoms with E-state index in [0.29, 0.717) is 6.61 Å². The summed E-state index contributed by atoms with van der Waals surface area (Å²) in [6.45, 7) is -0.110. The standard InChI is InChI=1S/C13H12N2O4/c16-12-6-11(14-9-15(12)7-13(17)18)19-8-10-4-2-1-3-5-10/h1-6,9H,7-8H2,(H,17,18). The molecule has 2 rings (SSSR count). The van der Waals surface area contributed by atoms with E-state index >= 15 is 0 Å². The highest BCUT2D eigenvalue weighted by molar-refractivity contribution is 5.66. The molecule has 0 spiro atoms. The number of aromatic nitrogens is 2. The highest BCUT2D eigenvalue weighted by atomic mass is 16.5. The molecule has 0 saturated heterocycles. The fourth-order valence-corrected chi connectivity index (χ4v) is 1.48. The van der Waals surface area contributed by atoms with Crippen LogP contribution in [0.1, 0.15) is 5.56 Å². The number of ether oxygens (including phenoxy) is 1. The molecule has 0 amide bonds. The summed E-state index contributed by atoms with van der Waals surface area (Å²) in [4.78, 5) is 25.9. The maximum atomic E-state index is 11.6. The van der Waals surface area contributed by atoms with Gasteiger partial charge < -0.3 is 9.84 Å². The minimum Gasteiger partial charge on any atom is -0.480 e. The average molecular weight is 260 g/mol. The average Bonchev–Trinajstić information content (AvgIpc) is 2.40. The Morgan fingerprint density at radius 3 is 2.68 bits per heavy atom. The van der Waals surface area contributed by atoms with Gasteiger partial charge in [-0.05, 0) is 5.56 Å². The van der Waals surface area contributed by atoms with E-state index < -0.39 is 18.1 Å². The van der Waals surface area contributed by atoms with Gasteiger partial charge in [-0.15, -0.1) is 0 Å². The van der Waals surface area contributed by atoms with Crippen LogP contribution < -0.4 is 10.3 Å². The smallest absolute Gasteiger partial charge is 0.323 e. The van der Waals surface area contributed by atoms with E-state index in [4.69, 9.17) is 9.84 Å². The minimum atomic E-state index is -1.10. The number of carbonyl (C=O) groups is 1. The number of benzene rings is 1. The van der Waals surface area contributed by atoms with Crippen molar-refractivity contribution in [2.24, 2.45) is 0 Å². The molecule has 0 aliphatic carbocycles. The number of hydrogen-bond donors (Lipinski definition) is 1. The summed E-state index contributed by atoms with van der Waals surface area (Å²) in [5.74, 6) is -0.919. The van der Waals surface area contributed by atoms with E-state index in [1.54, 1.807) is 0 Å². The van der Waals surface area contributed by atoms with Crippen LogP contribution in [-0.2, 0) is 17.9 Å². The molecule has 98 valence electrons. The molecule has 0 aliphatic heterocycles. The fourth-order valence-electron chi connectivity index (χ4n) is 1.48. The van der Waals surface area contributed by atoms with Crippen LogP contribution in [0, 0.1) is 0 Å². The summed E-state index contributed by atoms with van der Waals surface area (Å²) in [7, 11) is 0. The Hall–Kier alpha value is -2.63. The topological polar surface area (TPSA) is 81.4 Å². The molecule has 0 aliphatic rings. The van der Waals surface area contributed by atoms with Crippen LogP contribution in [0.3, 0.4) is 0 Å². The number of hydrogen-bond acceptors (Lipinski definition) is 4. The molecular weight excluding hydrogens is 248 g/mol. The minimum absolute atomic E-state index is 0.176. The third-order valence-electron chi connectivity index (χ3n) is 2.39. The summed E-state index contributed by atoms with van der Waals surface area (Å²) >= 11 is 0. The zero-order chi connectivity index (χ0) is 13.7. The van der Waals surface area contributed by atoms with Gasteiger partial charge in [-0.1, -0.05) is 30.3 Å². The molecule has 0 bridgehead atoms. The van der Waals surface area contributed by atoms with Crippen molar-refractivity contribution in [3.8, 4) is 5.88 Å². The largest absolute Gasteiger partial charge is 0.480 e. The molecule has 0 radical (unpaired) electrons. The maximum absolute atomic E-state index is 11.6. The molecule has 0 atom stereocenters. The molecular formula is C13H12N2O4.